The minimum Gasteiger partial charge on any atom is -0.469 e. The molecule has 1 rings (SSSR count). The molecule has 0 saturated carbocycles. The fraction of sp³-hybridized carbons (Fsp3) is 0.556. The van der Waals surface area contributed by atoms with E-state index in [1.807, 2.05) is 19.2 Å². The van der Waals surface area contributed by atoms with Gasteiger partial charge in [-0.05, 0) is 32.5 Å². The SMILES string of the molecule is CN[C@H](C)CCc1ccco1. The van der Waals surface area contributed by atoms with E-state index in [-0.39, 0.29) is 0 Å². The van der Waals surface area contributed by atoms with Crippen molar-refractivity contribution in [1.82, 2.24) is 5.32 Å². The van der Waals surface area contributed by atoms with E-state index >= 15 is 0 Å². The Morgan fingerprint density at radius 3 is 3.00 bits per heavy atom. The molecule has 0 aromatic carbocycles. The number of furan rings is 1. The molecule has 62 valence electrons. The van der Waals surface area contributed by atoms with Crippen molar-refractivity contribution in [2.45, 2.75) is 25.8 Å². The van der Waals surface area contributed by atoms with Gasteiger partial charge in [0, 0.05) is 12.5 Å². The van der Waals surface area contributed by atoms with Gasteiger partial charge in [0.05, 0.1) is 6.26 Å². The Bertz CT molecular complexity index is 181. The van der Waals surface area contributed by atoms with Gasteiger partial charge >= 0.3 is 0 Å². The highest BCUT2D eigenvalue weighted by Crippen LogP contribution is 2.04. The Balaban J connectivity index is 2.23. The van der Waals surface area contributed by atoms with Crippen LogP contribution in [0.1, 0.15) is 19.1 Å². The Labute approximate surface area is 67.6 Å². The summed E-state index contributed by atoms with van der Waals surface area (Å²) in [6.07, 6.45) is 3.87. The molecule has 0 saturated heterocycles. The fourth-order valence-electron chi connectivity index (χ4n) is 0.958. The zero-order valence-electron chi connectivity index (χ0n) is 7.13. The number of hydrogen-bond acceptors (Lipinski definition) is 2. The zero-order valence-corrected chi connectivity index (χ0v) is 7.13. The van der Waals surface area contributed by atoms with E-state index in [0.29, 0.717) is 6.04 Å². The van der Waals surface area contributed by atoms with Crippen LogP contribution >= 0.6 is 0 Å². The molecule has 0 aliphatic heterocycles. The summed E-state index contributed by atoms with van der Waals surface area (Å²) in [5, 5.41) is 3.19. The predicted molar refractivity (Wildman–Crippen MR) is 45.6 cm³/mol. The maximum absolute atomic E-state index is 5.20. The van der Waals surface area contributed by atoms with E-state index in [2.05, 4.69) is 12.2 Å². The van der Waals surface area contributed by atoms with Crippen LogP contribution in [-0.2, 0) is 6.42 Å². The summed E-state index contributed by atoms with van der Waals surface area (Å²) >= 11 is 0. The van der Waals surface area contributed by atoms with Crippen LogP contribution in [0.5, 0.6) is 0 Å². The van der Waals surface area contributed by atoms with Crippen molar-refractivity contribution in [2.75, 3.05) is 7.05 Å². The second kappa shape index (κ2) is 4.19. The lowest BCUT2D eigenvalue weighted by Crippen LogP contribution is -2.21. The van der Waals surface area contributed by atoms with Crippen molar-refractivity contribution in [2.24, 2.45) is 0 Å². The monoisotopic (exact) mass is 153 g/mol. The zero-order chi connectivity index (χ0) is 8.10. The number of rotatable bonds is 4. The van der Waals surface area contributed by atoms with Crippen molar-refractivity contribution in [3.63, 3.8) is 0 Å². The summed E-state index contributed by atoms with van der Waals surface area (Å²) in [5.74, 6) is 1.08. The number of aryl methyl sites for hydroxylation is 1. The first kappa shape index (κ1) is 8.34. The average Bonchev–Trinajstić information content (AvgIpc) is 2.52. The molecule has 1 aromatic heterocycles. The van der Waals surface area contributed by atoms with Gasteiger partial charge in [0.2, 0.25) is 0 Å². The van der Waals surface area contributed by atoms with Gasteiger partial charge < -0.3 is 9.73 Å². The van der Waals surface area contributed by atoms with Crippen LogP contribution < -0.4 is 5.32 Å². The minimum atomic E-state index is 0.570. The van der Waals surface area contributed by atoms with Gasteiger partial charge in [-0.1, -0.05) is 0 Å². The number of hydrogen-bond donors (Lipinski definition) is 1. The standard InChI is InChI=1S/C9H15NO/c1-8(10-2)5-6-9-4-3-7-11-9/h3-4,7-8,10H,5-6H2,1-2H3/t8-/m1/s1. The van der Waals surface area contributed by atoms with Crippen molar-refractivity contribution >= 4 is 0 Å². The van der Waals surface area contributed by atoms with Gasteiger partial charge in [0.1, 0.15) is 5.76 Å². The third kappa shape index (κ3) is 2.76. The molecule has 0 spiro atoms. The van der Waals surface area contributed by atoms with Crippen molar-refractivity contribution in [1.29, 1.82) is 0 Å². The second-order valence-electron chi connectivity index (χ2n) is 2.81. The molecule has 0 fully saturated rings. The molecule has 1 N–H and O–H groups in total. The molecule has 11 heavy (non-hydrogen) atoms. The molecular formula is C9H15NO. The first-order chi connectivity index (χ1) is 5.33. The van der Waals surface area contributed by atoms with E-state index in [9.17, 15) is 0 Å². The summed E-state index contributed by atoms with van der Waals surface area (Å²) in [6, 6.07) is 4.52. The molecule has 0 radical (unpaired) electrons. The Morgan fingerprint density at radius 1 is 1.64 bits per heavy atom. The first-order valence-corrected chi connectivity index (χ1v) is 4.02. The summed E-state index contributed by atoms with van der Waals surface area (Å²) in [6.45, 7) is 2.17. The fourth-order valence-corrected chi connectivity index (χ4v) is 0.958. The normalized spacial score (nSPS) is 13.3. The van der Waals surface area contributed by atoms with Gasteiger partial charge in [0.25, 0.3) is 0 Å². The van der Waals surface area contributed by atoms with Crippen LogP contribution in [0.4, 0.5) is 0 Å². The summed E-state index contributed by atoms with van der Waals surface area (Å²) < 4.78 is 5.20. The minimum absolute atomic E-state index is 0.570. The molecule has 1 atom stereocenters. The largest absolute Gasteiger partial charge is 0.469 e. The van der Waals surface area contributed by atoms with Crippen LogP contribution in [-0.4, -0.2) is 13.1 Å². The van der Waals surface area contributed by atoms with E-state index in [1.54, 1.807) is 6.26 Å². The lowest BCUT2D eigenvalue weighted by molar-refractivity contribution is 0.475. The van der Waals surface area contributed by atoms with Crippen molar-refractivity contribution < 1.29 is 4.42 Å². The maximum atomic E-state index is 5.20. The van der Waals surface area contributed by atoms with Gasteiger partial charge in [-0.25, -0.2) is 0 Å². The highest BCUT2D eigenvalue weighted by Gasteiger charge is 2.00. The highest BCUT2D eigenvalue weighted by atomic mass is 16.3. The van der Waals surface area contributed by atoms with Crippen molar-refractivity contribution in [3.05, 3.63) is 24.2 Å². The molecule has 2 nitrogen and oxygen atoms in total. The topological polar surface area (TPSA) is 25.2 Å². The maximum Gasteiger partial charge on any atom is 0.103 e. The van der Waals surface area contributed by atoms with E-state index in [0.717, 1.165) is 18.6 Å². The Hall–Kier alpha value is -0.760. The average molecular weight is 153 g/mol. The molecular weight excluding hydrogens is 138 g/mol. The van der Waals surface area contributed by atoms with Crippen LogP contribution in [0.15, 0.2) is 22.8 Å². The van der Waals surface area contributed by atoms with E-state index in [4.69, 9.17) is 4.42 Å². The quantitative estimate of drug-likeness (QED) is 0.713. The van der Waals surface area contributed by atoms with E-state index < -0.39 is 0 Å². The molecule has 0 aliphatic rings. The van der Waals surface area contributed by atoms with Gasteiger partial charge in [-0.2, -0.15) is 0 Å². The molecule has 0 amide bonds. The Morgan fingerprint density at radius 2 is 2.45 bits per heavy atom. The second-order valence-corrected chi connectivity index (χ2v) is 2.81. The summed E-state index contributed by atoms with van der Waals surface area (Å²) in [4.78, 5) is 0. The molecule has 0 unspecified atom stereocenters. The molecule has 1 heterocycles. The van der Waals surface area contributed by atoms with Crippen molar-refractivity contribution in [3.8, 4) is 0 Å². The highest BCUT2D eigenvalue weighted by molar-refractivity contribution is 4.98. The van der Waals surface area contributed by atoms with Gasteiger partial charge in [-0.15, -0.1) is 0 Å². The van der Waals surface area contributed by atoms with Crippen LogP contribution in [0.2, 0.25) is 0 Å². The molecule has 1 aromatic rings. The third-order valence-corrected chi connectivity index (χ3v) is 1.90. The first-order valence-electron chi connectivity index (χ1n) is 4.02. The molecule has 0 aliphatic carbocycles. The number of nitrogens with one attached hydrogen (secondary N) is 1. The summed E-state index contributed by atoms with van der Waals surface area (Å²) in [7, 11) is 1.98. The summed E-state index contributed by atoms with van der Waals surface area (Å²) in [5.41, 5.74) is 0. The molecule has 0 bridgehead atoms. The lowest BCUT2D eigenvalue weighted by atomic mass is 10.1. The van der Waals surface area contributed by atoms with Gasteiger partial charge in [-0.3, -0.25) is 0 Å². The van der Waals surface area contributed by atoms with Crippen LogP contribution in [0, 0.1) is 0 Å². The predicted octanol–water partition coefficient (Wildman–Crippen LogP) is 1.82. The van der Waals surface area contributed by atoms with Crippen LogP contribution in [0.25, 0.3) is 0 Å². The third-order valence-electron chi connectivity index (χ3n) is 1.90. The van der Waals surface area contributed by atoms with E-state index in [1.165, 1.54) is 0 Å². The van der Waals surface area contributed by atoms with Crippen LogP contribution in [0.3, 0.4) is 0 Å². The smallest absolute Gasteiger partial charge is 0.103 e. The lowest BCUT2D eigenvalue weighted by Gasteiger charge is -2.07. The Kier molecular flexibility index (Phi) is 3.17. The molecule has 2 heteroatoms. The van der Waals surface area contributed by atoms with Gasteiger partial charge in [0.15, 0.2) is 0 Å².